The van der Waals surface area contributed by atoms with E-state index in [1.54, 1.807) is 24.0 Å². The van der Waals surface area contributed by atoms with Gasteiger partial charge in [0.1, 0.15) is 17.1 Å². The molecule has 1 aliphatic heterocycles. The number of nitrogens with zero attached hydrogens (tertiary/aromatic N) is 2. The van der Waals surface area contributed by atoms with Crippen LogP contribution in [0, 0.1) is 0 Å². The predicted molar refractivity (Wildman–Crippen MR) is 122 cm³/mol. The van der Waals surface area contributed by atoms with E-state index in [1.807, 2.05) is 32.9 Å². The van der Waals surface area contributed by atoms with Crippen molar-refractivity contribution in [2.24, 2.45) is 0 Å². The minimum atomic E-state index is -0.543. The van der Waals surface area contributed by atoms with Crippen molar-refractivity contribution in [3.63, 3.8) is 0 Å². The molecule has 0 radical (unpaired) electrons. The number of benzene rings is 1. The van der Waals surface area contributed by atoms with Crippen LogP contribution in [0.15, 0.2) is 24.3 Å². The molecule has 0 bridgehead atoms. The maximum Gasteiger partial charge on any atom is 0.410 e. The molecule has 1 N–H and O–H groups in total. The summed E-state index contributed by atoms with van der Waals surface area (Å²) in [4.78, 5) is 42.7. The number of ketones is 1. The number of aromatic nitrogens is 1. The van der Waals surface area contributed by atoms with Gasteiger partial charge in [0, 0.05) is 24.3 Å². The van der Waals surface area contributed by atoms with Gasteiger partial charge in [-0.1, -0.05) is 23.5 Å². The first-order valence-electron chi connectivity index (χ1n) is 10.6. The number of amides is 2. The molecule has 0 aliphatic carbocycles. The number of ether oxygens (including phenoxy) is 2. The molecule has 0 unspecified atom stereocenters. The molecular formula is C23H29N3O5S. The van der Waals surface area contributed by atoms with E-state index in [2.05, 4.69) is 10.3 Å². The molecule has 0 atom stereocenters. The lowest BCUT2D eigenvalue weighted by Gasteiger charge is -2.29. The Morgan fingerprint density at radius 2 is 1.91 bits per heavy atom. The summed E-state index contributed by atoms with van der Waals surface area (Å²) in [5, 5.41) is 3.26. The molecule has 32 heavy (non-hydrogen) atoms. The van der Waals surface area contributed by atoms with Gasteiger partial charge in [0.2, 0.25) is 0 Å². The maximum absolute atomic E-state index is 12.3. The van der Waals surface area contributed by atoms with E-state index in [0.717, 1.165) is 16.1 Å². The fourth-order valence-corrected chi connectivity index (χ4v) is 4.15. The van der Waals surface area contributed by atoms with Crippen molar-refractivity contribution in [2.75, 3.05) is 18.5 Å². The van der Waals surface area contributed by atoms with Crippen LogP contribution in [0.3, 0.4) is 0 Å². The highest BCUT2D eigenvalue weighted by Crippen LogP contribution is 2.29. The molecule has 0 saturated carbocycles. The number of hydrogen-bond acceptors (Lipinski definition) is 7. The van der Waals surface area contributed by atoms with Crippen LogP contribution in [0.1, 0.15) is 50.3 Å². The summed E-state index contributed by atoms with van der Waals surface area (Å²) in [5.41, 5.74) is 1.40. The summed E-state index contributed by atoms with van der Waals surface area (Å²) in [6, 6.07) is 7.36. The van der Waals surface area contributed by atoms with Crippen molar-refractivity contribution in [1.82, 2.24) is 9.88 Å². The molecule has 1 aromatic heterocycles. The van der Waals surface area contributed by atoms with Gasteiger partial charge in [-0.3, -0.25) is 10.1 Å². The standard InChI is InChI=1S/C23H29N3O5S/c1-15(27)5-6-16-7-9-17(10-8-16)30-14-20(28)25-21-24-18-11-12-26(13-19(18)32-21)22(29)31-23(2,3)4/h7-10H,5-6,11-14H2,1-4H3,(H,24,25,28). The van der Waals surface area contributed by atoms with E-state index >= 15 is 0 Å². The number of aryl methyl sites for hydroxylation is 1. The van der Waals surface area contributed by atoms with Crippen LogP contribution < -0.4 is 10.1 Å². The van der Waals surface area contributed by atoms with E-state index in [4.69, 9.17) is 9.47 Å². The summed E-state index contributed by atoms with van der Waals surface area (Å²) in [7, 11) is 0. The Hall–Kier alpha value is -2.94. The first-order valence-corrected chi connectivity index (χ1v) is 11.4. The zero-order chi connectivity index (χ0) is 23.3. The summed E-state index contributed by atoms with van der Waals surface area (Å²) in [5.74, 6) is 0.433. The lowest BCUT2D eigenvalue weighted by atomic mass is 10.1. The molecular weight excluding hydrogens is 430 g/mol. The Balaban J connectivity index is 1.48. The number of thiazole rings is 1. The molecule has 0 fully saturated rings. The van der Waals surface area contributed by atoms with E-state index in [9.17, 15) is 14.4 Å². The second kappa shape index (κ2) is 10.1. The first-order chi connectivity index (χ1) is 15.1. The normalized spacial score (nSPS) is 13.3. The molecule has 0 spiro atoms. The number of fused-ring (bicyclic) bond motifs is 1. The third-order valence-corrected chi connectivity index (χ3v) is 5.69. The summed E-state index contributed by atoms with van der Waals surface area (Å²) in [6.45, 7) is 7.91. The quantitative estimate of drug-likeness (QED) is 0.673. The Morgan fingerprint density at radius 1 is 1.19 bits per heavy atom. The van der Waals surface area contributed by atoms with E-state index < -0.39 is 5.60 Å². The Morgan fingerprint density at radius 3 is 2.56 bits per heavy atom. The monoisotopic (exact) mass is 459 g/mol. The largest absolute Gasteiger partial charge is 0.484 e. The van der Waals surface area contributed by atoms with Gasteiger partial charge in [0.05, 0.1) is 12.2 Å². The number of carbonyl (C=O) groups is 3. The van der Waals surface area contributed by atoms with Crippen LogP contribution in [-0.4, -0.2) is 46.4 Å². The van der Waals surface area contributed by atoms with Crippen LogP contribution in [0.25, 0.3) is 0 Å². The second-order valence-electron chi connectivity index (χ2n) is 8.72. The van der Waals surface area contributed by atoms with Crippen LogP contribution in [0.5, 0.6) is 5.75 Å². The number of Topliss-reactive ketones (excluding diaryl/α,β-unsaturated/α-hetero) is 1. The minimum Gasteiger partial charge on any atom is -0.484 e. The molecule has 2 heterocycles. The fraction of sp³-hybridized carbons (Fsp3) is 0.478. The van der Waals surface area contributed by atoms with Gasteiger partial charge in [0.15, 0.2) is 11.7 Å². The Kier molecular flexibility index (Phi) is 7.50. The summed E-state index contributed by atoms with van der Waals surface area (Å²) >= 11 is 1.36. The zero-order valence-corrected chi connectivity index (χ0v) is 19.7. The van der Waals surface area contributed by atoms with Gasteiger partial charge in [-0.25, -0.2) is 9.78 Å². The molecule has 2 amide bonds. The molecule has 3 rings (SSSR count). The van der Waals surface area contributed by atoms with Gasteiger partial charge < -0.3 is 19.2 Å². The average molecular weight is 460 g/mol. The van der Waals surface area contributed by atoms with Crippen LogP contribution >= 0.6 is 11.3 Å². The molecule has 172 valence electrons. The third kappa shape index (κ3) is 7.05. The molecule has 9 heteroatoms. The second-order valence-corrected chi connectivity index (χ2v) is 9.81. The molecule has 1 aliphatic rings. The molecule has 0 saturated heterocycles. The van der Waals surface area contributed by atoms with Crippen molar-refractivity contribution < 1.29 is 23.9 Å². The van der Waals surface area contributed by atoms with Crippen LogP contribution in [-0.2, 0) is 33.7 Å². The fourth-order valence-electron chi connectivity index (χ4n) is 3.11. The highest BCUT2D eigenvalue weighted by molar-refractivity contribution is 7.15. The van der Waals surface area contributed by atoms with Crippen LogP contribution in [0.2, 0.25) is 0 Å². The lowest BCUT2D eigenvalue weighted by Crippen LogP contribution is -2.39. The number of nitrogens with one attached hydrogen (secondary N) is 1. The summed E-state index contributed by atoms with van der Waals surface area (Å²) in [6.07, 6.45) is 1.47. The molecule has 1 aromatic carbocycles. The number of rotatable bonds is 7. The Labute approximate surface area is 191 Å². The van der Waals surface area contributed by atoms with Crippen molar-refractivity contribution in [2.45, 2.75) is 59.1 Å². The average Bonchev–Trinajstić information content (AvgIpc) is 3.11. The predicted octanol–water partition coefficient (Wildman–Crippen LogP) is 3.98. The van der Waals surface area contributed by atoms with Crippen molar-refractivity contribution in [1.29, 1.82) is 0 Å². The van der Waals surface area contributed by atoms with Crippen molar-refractivity contribution in [3.05, 3.63) is 40.4 Å². The minimum absolute atomic E-state index is 0.138. The molecule has 2 aromatic rings. The van der Waals surface area contributed by atoms with Gasteiger partial charge in [0.25, 0.3) is 5.91 Å². The van der Waals surface area contributed by atoms with Gasteiger partial charge in [-0.2, -0.15) is 0 Å². The highest BCUT2D eigenvalue weighted by Gasteiger charge is 2.28. The van der Waals surface area contributed by atoms with E-state index in [0.29, 0.717) is 43.2 Å². The van der Waals surface area contributed by atoms with Crippen molar-refractivity contribution in [3.8, 4) is 5.75 Å². The van der Waals surface area contributed by atoms with E-state index in [-0.39, 0.29) is 24.4 Å². The zero-order valence-electron chi connectivity index (χ0n) is 18.9. The number of hydrogen-bond donors (Lipinski definition) is 1. The van der Waals surface area contributed by atoms with Gasteiger partial charge in [-0.05, 0) is 51.8 Å². The maximum atomic E-state index is 12.3. The summed E-state index contributed by atoms with van der Waals surface area (Å²) < 4.78 is 11.0. The smallest absolute Gasteiger partial charge is 0.410 e. The topological polar surface area (TPSA) is 97.8 Å². The van der Waals surface area contributed by atoms with Crippen molar-refractivity contribution >= 4 is 34.3 Å². The van der Waals surface area contributed by atoms with Crippen LogP contribution in [0.4, 0.5) is 9.93 Å². The Bertz CT molecular complexity index is 979. The number of carbonyl (C=O) groups excluding carboxylic acids is 3. The SMILES string of the molecule is CC(=O)CCc1ccc(OCC(=O)Nc2nc3c(s2)CN(C(=O)OC(C)(C)C)CC3)cc1. The van der Waals surface area contributed by atoms with Gasteiger partial charge in [-0.15, -0.1) is 0 Å². The van der Waals surface area contributed by atoms with E-state index in [1.165, 1.54) is 11.3 Å². The third-order valence-electron chi connectivity index (χ3n) is 4.69. The number of anilines is 1. The van der Waals surface area contributed by atoms with Gasteiger partial charge >= 0.3 is 6.09 Å². The lowest BCUT2D eigenvalue weighted by molar-refractivity contribution is -0.118. The first kappa shape index (κ1) is 23.7. The molecule has 8 nitrogen and oxygen atoms in total. The highest BCUT2D eigenvalue weighted by atomic mass is 32.1.